The van der Waals surface area contributed by atoms with Gasteiger partial charge in [0.25, 0.3) is 0 Å². The zero-order valence-electron chi connectivity index (χ0n) is 21.7. The monoisotopic (exact) mass is 521 g/mol. The average Bonchev–Trinajstić information content (AvgIpc) is 2.78. The number of aliphatic carboxylic acids is 1. The molecule has 37 heavy (non-hydrogen) atoms. The second-order valence-electron chi connectivity index (χ2n) is 9.92. The van der Waals surface area contributed by atoms with Crippen molar-refractivity contribution in [1.82, 2.24) is 16.0 Å². The fraction of sp³-hybridized carbons (Fsp3) is 0.560. The molecule has 0 radical (unpaired) electrons. The summed E-state index contributed by atoms with van der Waals surface area (Å²) in [4.78, 5) is 61.4. The average molecular weight is 522 g/mol. The van der Waals surface area contributed by atoms with Crippen molar-refractivity contribution in [3.8, 4) is 5.75 Å². The van der Waals surface area contributed by atoms with E-state index in [9.17, 15) is 29.1 Å². The van der Waals surface area contributed by atoms with Crippen LogP contribution in [0.4, 0.5) is 0 Å². The van der Waals surface area contributed by atoms with Gasteiger partial charge in [0.1, 0.15) is 23.9 Å². The minimum atomic E-state index is -1.44. The van der Waals surface area contributed by atoms with Gasteiger partial charge in [-0.05, 0) is 48.8 Å². The number of nitrogens with two attached hydrogens (primary N) is 2. The van der Waals surface area contributed by atoms with E-state index in [4.69, 9.17) is 16.6 Å². The van der Waals surface area contributed by atoms with E-state index in [2.05, 4.69) is 16.0 Å². The van der Waals surface area contributed by atoms with Crippen LogP contribution in [0.3, 0.4) is 0 Å². The van der Waals surface area contributed by atoms with Gasteiger partial charge in [-0.1, -0.05) is 39.8 Å². The number of primary amides is 1. The van der Waals surface area contributed by atoms with Gasteiger partial charge in [-0.15, -0.1) is 0 Å². The Morgan fingerprint density at radius 2 is 1.22 bits per heavy atom. The Hall–Kier alpha value is -3.67. The van der Waals surface area contributed by atoms with Crippen LogP contribution in [0.5, 0.6) is 5.75 Å². The summed E-state index contributed by atoms with van der Waals surface area (Å²) in [5.41, 5.74) is 12.0. The standard InChI is InChI=1S/C25H39N5O7/c1-13(2)9-19(29-23(35)17(26)11-15-5-7-16(31)8-6-15)25(37)30-20(10-14(3)4)24(36)28-18(22(27)34)12-21(32)33/h5-8,13-14,17-20,31H,9-12,26H2,1-4H3,(H2,27,34)(H,28,36)(H,29,35)(H,30,37)(H,32,33)/t17-,18-,19-,20-/m0/s1. The summed E-state index contributed by atoms with van der Waals surface area (Å²) < 4.78 is 0. The van der Waals surface area contributed by atoms with Crippen molar-refractivity contribution < 1.29 is 34.2 Å². The molecule has 4 atom stereocenters. The first kappa shape index (κ1) is 31.4. The first-order chi connectivity index (χ1) is 17.2. The molecule has 0 heterocycles. The number of amides is 4. The van der Waals surface area contributed by atoms with Crippen LogP contribution < -0.4 is 27.4 Å². The zero-order valence-corrected chi connectivity index (χ0v) is 21.7. The highest BCUT2D eigenvalue weighted by Crippen LogP contribution is 2.12. The maximum atomic E-state index is 13.2. The van der Waals surface area contributed by atoms with Gasteiger partial charge in [-0.2, -0.15) is 0 Å². The molecule has 0 aliphatic heterocycles. The van der Waals surface area contributed by atoms with E-state index in [1.165, 1.54) is 12.1 Å². The van der Waals surface area contributed by atoms with Gasteiger partial charge < -0.3 is 37.6 Å². The van der Waals surface area contributed by atoms with E-state index in [-0.39, 0.29) is 36.8 Å². The molecule has 1 aromatic rings. The van der Waals surface area contributed by atoms with Crippen molar-refractivity contribution in [2.45, 2.75) is 77.5 Å². The molecule has 0 saturated carbocycles. The van der Waals surface area contributed by atoms with Gasteiger partial charge in [0, 0.05) is 0 Å². The predicted octanol–water partition coefficient (Wildman–Crippen LogP) is -0.231. The first-order valence-electron chi connectivity index (χ1n) is 12.1. The van der Waals surface area contributed by atoms with Crippen molar-refractivity contribution in [3.05, 3.63) is 29.8 Å². The van der Waals surface area contributed by atoms with Crippen LogP contribution in [0.25, 0.3) is 0 Å². The van der Waals surface area contributed by atoms with Crippen LogP contribution in [0.15, 0.2) is 24.3 Å². The van der Waals surface area contributed by atoms with Crippen molar-refractivity contribution in [2.24, 2.45) is 23.3 Å². The van der Waals surface area contributed by atoms with Gasteiger partial charge in [0.2, 0.25) is 23.6 Å². The first-order valence-corrected chi connectivity index (χ1v) is 12.1. The normalized spacial score (nSPS) is 14.4. The number of carbonyl (C=O) groups is 5. The number of benzene rings is 1. The molecule has 0 spiro atoms. The molecule has 0 unspecified atom stereocenters. The molecule has 1 rings (SSSR count). The second kappa shape index (κ2) is 14.8. The molecule has 12 nitrogen and oxygen atoms in total. The lowest BCUT2D eigenvalue weighted by molar-refractivity contribution is -0.140. The number of hydrogen-bond donors (Lipinski definition) is 7. The molecule has 0 saturated heterocycles. The fourth-order valence-electron chi connectivity index (χ4n) is 3.61. The molecule has 0 aliphatic rings. The number of phenols is 1. The molecule has 0 fully saturated rings. The number of rotatable bonds is 15. The Kier molecular flexibility index (Phi) is 12.5. The lowest BCUT2D eigenvalue weighted by Crippen LogP contribution is -2.58. The van der Waals surface area contributed by atoms with Gasteiger partial charge >= 0.3 is 5.97 Å². The van der Waals surface area contributed by atoms with E-state index >= 15 is 0 Å². The molecule has 9 N–H and O–H groups in total. The predicted molar refractivity (Wildman–Crippen MR) is 136 cm³/mol. The number of carboxylic acids is 1. The van der Waals surface area contributed by atoms with Crippen molar-refractivity contribution in [1.29, 1.82) is 0 Å². The topological polar surface area (TPSA) is 214 Å². The molecule has 4 amide bonds. The van der Waals surface area contributed by atoms with E-state index in [0.717, 1.165) is 5.56 Å². The lowest BCUT2D eigenvalue weighted by atomic mass is 9.99. The number of carbonyl (C=O) groups excluding carboxylic acids is 4. The van der Waals surface area contributed by atoms with E-state index < -0.39 is 60.2 Å². The van der Waals surface area contributed by atoms with Gasteiger partial charge in [-0.3, -0.25) is 24.0 Å². The minimum absolute atomic E-state index is 0.0107. The maximum absolute atomic E-state index is 13.2. The summed E-state index contributed by atoms with van der Waals surface area (Å²) in [7, 11) is 0. The molecular formula is C25H39N5O7. The Bertz CT molecular complexity index is 949. The summed E-state index contributed by atoms with van der Waals surface area (Å²) in [6.07, 6.45) is -0.0613. The fourth-order valence-corrected chi connectivity index (χ4v) is 3.61. The highest BCUT2D eigenvalue weighted by molar-refractivity contribution is 5.95. The summed E-state index contributed by atoms with van der Waals surface area (Å²) in [6.45, 7) is 7.38. The van der Waals surface area contributed by atoms with Crippen LogP contribution in [0.1, 0.15) is 52.5 Å². The maximum Gasteiger partial charge on any atom is 0.305 e. The Morgan fingerprint density at radius 1 is 0.784 bits per heavy atom. The highest BCUT2D eigenvalue weighted by atomic mass is 16.4. The molecule has 12 heteroatoms. The number of aromatic hydroxyl groups is 1. The third kappa shape index (κ3) is 11.7. The summed E-state index contributed by atoms with van der Waals surface area (Å²) in [5.74, 6) is -4.22. The minimum Gasteiger partial charge on any atom is -0.508 e. The van der Waals surface area contributed by atoms with E-state index in [0.29, 0.717) is 0 Å². The van der Waals surface area contributed by atoms with Crippen LogP contribution in [0, 0.1) is 11.8 Å². The van der Waals surface area contributed by atoms with Gasteiger partial charge in [0.05, 0.1) is 12.5 Å². The quantitative estimate of drug-likeness (QED) is 0.163. The third-order valence-electron chi connectivity index (χ3n) is 5.45. The molecular weight excluding hydrogens is 482 g/mol. The molecule has 0 aliphatic carbocycles. The van der Waals surface area contributed by atoms with Crippen molar-refractivity contribution >= 4 is 29.6 Å². The van der Waals surface area contributed by atoms with Crippen LogP contribution in [0.2, 0.25) is 0 Å². The third-order valence-corrected chi connectivity index (χ3v) is 5.45. The Balaban J connectivity index is 2.97. The number of carboxylic acid groups (broad SMARTS) is 1. The Labute approximate surface area is 216 Å². The SMILES string of the molecule is CC(C)C[C@H](NC(=O)[C@H](CC(C)C)NC(=O)[C@@H](N)Cc1ccc(O)cc1)C(=O)N[C@@H](CC(=O)O)C(N)=O. The number of nitrogens with one attached hydrogen (secondary N) is 3. The summed E-state index contributed by atoms with van der Waals surface area (Å²) in [6, 6.07) is 1.74. The summed E-state index contributed by atoms with van der Waals surface area (Å²) >= 11 is 0. The second-order valence-corrected chi connectivity index (χ2v) is 9.92. The molecule has 0 bridgehead atoms. The highest BCUT2D eigenvalue weighted by Gasteiger charge is 2.31. The molecule has 0 aromatic heterocycles. The molecule has 1 aromatic carbocycles. The van der Waals surface area contributed by atoms with E-state index in [1.54, 1.807) is 12.1 Å². The smallest absolute Gasteiger partial charge is 0.305 e. The van der Waals surface area contributed by atoms with Crippen LogP contribution in [-0.4, -0.2) is 64.0 Å². The summed E-state index contributed by atoms with van der Waals surface area (Å²) in [5, 5.41) is 26.0. The van der Waals surface area contributed by atoms with Crippen molar-refractivity contribution in [3.63, 3.8) is 0 Å². The van der Waals surface area contributed by atoms with Gasteiger partial charge in [-0.25, -0.2) is 0 Å². The number of hydrogen-bond acceptors (Lipinski definition) is 7. The lowest BCUT2D eigenvalue weighted by Gasteiger charge is -2.26. The van der Waals surface area contributed by atoms with Crippen LogP contribution in [-0.2, 0) is 30.4 Å². The zero-order chi connectivity index (χ0) is 28.3. The Morgan fingerprint density at radius 3 is 1.62 bits per heavy atom. The van der Waals surface area contributed by atoms with Crippen LogP contribution >= 0.6 is 0 Å². The largest absolute Gasteiger partial charge is 0.508 e. The van der Waals surface area contributed by atoms with Crippen molar-refractivity contribution in [2.75, 3.05) is 0 Å². The number of phenolic OH excluding ortho intramolecular Hbond substituents is 1. The van der Waals surface area contributed by atoms with E-state index in [1.807, 2.05) is 27.7 Å². The molecule has 206 valence electrons. The van der Waals surface area contributed by atoms with Gasteiger partial charge in [0.15, 0.2) is 0 Å².